The Morgan fingerprint density at radius 1 is 1.13 bits per heavy atom. The number of carbonyl (C=O) groups excluding carboxylic acids is 2. The lowest BCUT2D eigenvalue weighted by Gasteiger charge is -2.35. The Bertz CT molecular complexity index is 602. The molecule has 0 spiro atoms. The van der Waals surface area contributed by atoms with Gasteiger partial charge < -0.3 is 15.1 Å². The van der Waals surface area contributed by atoms with Crippen molar-refractivity contribution in [1.82, 2.24) is 9.80 Å². The first kappa shape index (κ1) is 16.0. The Hall–Kier alpha value is -1.88. The molecule has 23 heavy (non-hydrogen) atoms. The third-order valence-electron chi connectivity index (χ3n) is 5.09. The predicted molar refractivity (Wildman–Crippen MR) is 90.2 cm³/mol. The minimum atomic E-state index is -0.823. The molecule has 3 rings (SSSR count). The minimum Gasteiger partial charge on any atom is -0.339 e. The highest BCUT2D eigenvalue weighted by Gasteiger charge is 2.58. The molecule has 1 aromatic carbocycles. The molecule has 1 saturated carbocycles. The lowest BCUT2D eigenvalue weighted by molar-refractivity contribution is -0.143. The highest BCUT2D eigenvalue weighted by molar-refractivity contribution is 6.13. The molecule has 1 N–H and O–H groups in total. The van der Waals surface area contributed by atoms with E-state index in [-0.39, 0.29) is 11.8 Å². The fraction of sp³-hybridized carbons (Fsp3) is 0.556. The number of likely N-dealkylation sites (N-methyl/N-ethyl adjacent to an activating group) is 1. The Morgan fingerprint density at radius 2 is 1.78 bits per heavy atom. The molecule has 5 heteroatoms. The molecule has 1 aliphatic carbocycles. The van der Waals surface area contributed by atoms with Crippen LogP contribution in [0.25, 0.3) is 0 Å². The van der Waals surface area contributed by atoms with E-state index in [0.717, 1.165) is 44.0 Å². The van der Waals surface area contributed by atoms with Crippen molar-refractivity contribution in [3.63, 3.8) is 0 Å². The molecule has 1 saturated heterocycles. The van der Waals surface area contributed by atoms with Gasteiger partial charge in [0.15, 0.2) is 0 Å². The summed E-state index contributed by atoms with van der Waals surface area (Å²) in [4.78, 5) is 29.7. The van der Waals surface area contributed by atoms with Crippen molar-refractivity contribution in [2.45, 2.75) is 26.7 Å². The number of hydrogen-bond acceptors (Lipinski definition) is 3. The number of amides is 2. The summed E-state index contributed by atoms with van der Waals surface area (Å²) in [6.45, 7) is 8.37. The second-order valence-electron chi connectivity index (χ2n) is 6.58. The number of anilines is 1. The third kappa shape index (κ3) is 3.11. The summed E-state index contributed by atoms with van der Waals surface area (Å²) < 4.78 is 0. The van der Waals surface area contributed by atoms with Crippen molar-refractivity contribution in [1.29, 1.82) is 0 Å². The van der Waals surface area contributed by atoms with Crippen molar-refractivity contribution in [3.8, 4) is 0 Å². The van der Waals surface area contributed by atoms with Gasteiger partial charge in [-0.15, -0.1) is 0 Å². The zero-order chi connectivity index (χ0) is 16.4. The van der Waals surface area contributed by atoms with Crippen LogP contribution in [0, 0.1) is 12.3 Å². The van der Waals surface area contributed by atoms with Gasteiger partial charge in [0.1, 0.15) is 5.41 Å². The van der Waals surface area contributed by atoms with Gasteiger partial charge in [-0.25, -0.2) is 0 Å². The van der Waals surface area contributed by atoms with Crippen LogP contribution in [-0.2, 0) is 9.59 Å². The average molecular weight is 315 g/mol. The van der Waals surface area contributed by atoms with Crippen LogP contribution in [0.3, 0.4) is 0 Å². The van der Waals surface area contributed by atoms with E-state index in [1.54, 1.807) is 0 Å². The van der Waals surface area contributed by atoms with Gasteiger partial charge in [0.25, 0.3) is 0 Å². The second kappa shape index (κ2) is 6.32. The zero-order valence-corrected chi connectivity index (χ0v) is 14.0. The van der Waals surface area contributed by atoms with E-state index in [2.05, 4.69) is 17.1 Å². The molecule has 1 heterocycles. The predicted octanol–water partition coefficient (Wildman–Crippen LogP) is 1.88. The molecular weight excluding hydrogens is 290 g/mol. The number of piperazine rings is 1. The minimum absolute atomic E-state index is 0.0133. The Kier molecular flexibility index (Phi) is 4.39. The highest BCUT2D eigenvalue weighted by Crippen LogP contribution is 2.48. The van der Waals surface area contributed by atoms with Crippen LogP contribution in [-0.4, -0.2) is 54.3 Å². The van der Waals surface area contributed by atoms with Crippen molar-refractivity contribution >= 4 is 17.5 Å². The quantitative estimate of drug-likeness (QED) is 0.863. The molecule has 0 radical (unpaired) electrons. The van der Waals surface area contributed by atoms with Gasteiger partial charge in [-0.3, -0.25) is 9.59 Å². The van der Waals surface area contributed by atoms with Crippen molar-refractivity contribution in [2.75, 3.05) is 38.0 Å². The summed E-state index contributed by atoms with van der Waals surface area (Å²) in [6, 6.07) is 7.68. The number of rotatable bonds is 4. The van der Waals surface area contributed by atoms with E-state index < -0.39 is 5.41 Å². The number of benzene rings is 1. The number of nitrogens with one attached hydrogen (secondary N) is 1. The molecule has 2 aliphatic rings. The van der Waals surface area contributed by atoms with Gasteiger partial charge in [0.2, 0.25) is 11.8 Å². The molecular formula is C18H25N3O2. The largest absolute Gasteiger partial charge is 0.339 e. The summed E-state index contributed by atoms with van der Waals surface area (Å²) in [7, 11) is 0. The summed E-state index contributed by atoms with van der Waals surface area (Å²) in [5.41, 5.74) is 0.990. The number of nitrogens with zero attached hydrogens (tertiary/aromatic N) is 2. The number of hydrogen-bond donors (Lipinski definition) is 1. The molecule has 0 bridgehead atoms. The van der Waals surface area contributed by atoms with Crippen molar-refractivity contribution in [3.05, 3.63) is 29.8 Å². The Morgan fingerprint density at radius 3 is 2.35 bits per heavy atom. The molecule has 0 aromatic heterocycles. The van der Waals surface area contributed by atoms with E-state index in [0.29, 0.717) is 12.8 Å². The van der Waals surface area contributed by atoms with Gasteiger partial charge in [-0.2, -0.15) is 0 Å². The third-order valence-corrected chi connectivity index (χ3v) is 5.09. The van der Waals surface area contributed by atoms with Crippen LogP contribution in [0.1, 0.15) is 25.3 Å². The van der Waals surface area contributed by atoms with E-state index in [9.17, 15) is 9.59 Å². The molecule has 1 aliphatic heterocycles. The van der Waals surface area contributed by atoms with Gasteiger partial charge >= 0.3 is 0 Å². The van der Waals surface area contributed by atoms with Crippen LogP contribution in [0.4, 0.5) is 5.69 Å². The highest BCUT2D eigenvalue weighted by atomic mass is 16.2. The molecule has 2 amide bonds. The summed E-state index contributed by atoms with van der Waals surface area (Å²) >= 11 is 0. The molecule has 124 valence electrons. The smallest absolute Gasteiger partial charge is 0.240 e. The molecule has 0 unspecified atom stereocenters. The lowest BCUT2D eigenvalue weighted by atomic mass is 10.0. The first-order valence-corrected chi connectivity index (χ1v) is 8.45. The normalized spacial score (nSPS) is 20.2. The first-order chi connectivity index (χ1) is 11.1. The summed E-state index contributed by atoms with van der Waals surface area (Å²) in [5.74, 6) is -0.131. The van der Waals surface area contributed by atoms with E-state index >= 15 is 0 Å². The van der Waals surface area contributed by atoms with Gasteiger partial charge in [-0.1, -0.05) is 25.1 Å². The number of aryl methyl sites for hydroxylation is 1. The Balaban J connectivity index is 1.66. The second-order valence-corrected chi connectivity index (χ2v) is 6.58. The van der Waals surface area contributed by atoms with Crippen molar-refractivity contribution < 1.29 is 9.59 Å². The maximum absolute atomic E-state index is 12.8. The monoisotopic (exact) mass is 315 g/mol. The van der Waals surface area contributed by atoms with E-state index in [1.807, 2.05) is 36.1 Å². The van der Waals surface area contributed by atoms with Crippen LogP contribution in [0.2, 0.25) is 0 Å². The lowest BCUT2D eigenvalue weighted by Crippen LogP contribution is -2.52. The maximum atomic E-state index is 12.8. The molecule has 2 fully saturated rings. The SMILES string of the molecule is CCN1CCN(C(=O)C2(C(=O)Nc3ccccc3C)CC2)CC1. The van der Waals surface area contributed by atoms with Crippen molar-refractivity contribution in [2.24, 2.45) is 5.41 Å². The zero-order valence-electron chi connectivity index (χ0n) is 14.0. The maximum Gasteiger partial charge on any atom is 0.240 e. The summed E-state index contributed by atoms with van der Waals surface area (Å²) in [5, 5.41) is 2.96. The van der Waals surface area contributed by atoms with Crippen LogP contribution in [0.15, 0.2) is 24.3 Å². The van der Waals surface area contributed by atoms with Gasteiger partial charge in [-0.05, 0) is 37.9 Å². The molecule has 1 aromatic rings. The topological polar surface area (TPSA) is 52.7 Å². The standard InChI is InChI=1S/C18H25N3O2/c1-3-20-10-12-21(13-11-20)17(23)18(8-9-18)16(22)19-15-7-5-4-6-14(15)2/h4-7H,3,8-13H2,1-2H3,(H,19,22). The van der Waals surface area contributed by atoms with Gasteiger partial charge in [0, 0.05) is 31.9 Å². The van der Waals surface area contributed by atoms with E-state index in [1.165, 1.54) is 0 Å². The number of carbonyl (C=O) groups is 2. The molecule has 5 nitrogen and oxygen atoms in total. The molecule has 0 atom stereocenters. The Labute approximate surface area is 137 Å². The number of para-hydroxylation sites is 1. The van der Waals surface area contributed by atoms with E-state index in [4.69, 9.17) is 0 Å². The van der Waals surface area contributed by atoms with Crippen LogP contribution < -0.4 is 5.32 Å². The van der Waals surface area contributed by atoms with Crippen LogP contribution in [0.5, 0.6) is 0 Å². The first-order valence-electron chi connectivity index (χ1n) is 8.45. The fourth-order valence-electron chi connectivity index (χ4n) is 3.19. The summed E-state index contributed by atoms with van der Waals surface area (Å²) in [6.07, 6.45) is 1.33. The van der Waals surface area contributed by atoms with Gasteiger partial charge in [0.05, 0.1) is 0 Å². The van der Waals surface area contributed by atoms with Crippen LogP contribution >= 0.6 is 0 Å². The average Bonchev–Trinajstić information content (AvgIpc) is 3.38. The fourth-order valence-corrected chi connectivity index (χ4v) is 3.19.